The topological polar surface area (TPSA) is 33.4 Å². The second-order valence-corrected chi connectivity index (χ2v) is 10.7. The number of fused-ring (bicyclic) bond motifs is 5. The van der Waals surface area contributed by atoms with Crippen molar-refractivity contribution in [3.63, 3.8) is 0 Å². The summed E-state index contributed by atoms with van der Waals surface area (Å²) >= 11 is 0. The van der Waals surface area contributed by atoms with Crippen molar-refractivity contribution in [3.8, 4) is 0 Å². The van der Waals surface area contributed by atoms with Crippen LogP contribution in [-0.2, 0) is 0 Å². The minimum atomic E-state index is -0.300. The average molecular weight is 369 g/mol. The Morgan fingerprint density at radius 3 is 2.63 bits per heavy atom. The van der Waals surface area contributed by atoms with Crippen molar-refractivity contribution in [1.29, 1.82) is 0 Å². The third-order valence-electron chi connectivity index (χ3n) is 9.54. The fourth-order valence-corrected chi connectivity index (χ4v) is 8.01. The number of aliphatic hydroxyl groups is 1. The molecule has 4 fully saturated rings. The molecule has 0 amide bonds. The largest absolute Gasteiger partial charge is 0.462 e. The molecule has 0 radical (unpaired) electrons. The zero-order valence-electron chi connectivity index (χ0n) is 17.3. The summed E-state index contributed by atoms with van der Waals surface area (Å²) in [4.78, 5) is 0. The van der Waals surface area contributed by atoms with Crippen LogP contribution in [0.25, 0.3) is 6.08 Å². The standard InChI is InChI=1S/C25H36O2/c1-16-7-9-19(27-16)14-17-15-22-20-10-8-18-6-4-5-12-24(18,2)21(20)11-13-25(22,3)23(17)26/h7,9,14,18,20-23,26H,4-6,8,10-13,15H2,1-3H3/b17-14+/t18-,20+,21-,22+,23+,24-,25-/m0/s1. The summed E-state index contributed by atoms with van der Waals surface area (Å²) < 4.78 is 5.79. The first-order valence-electron chi connectivity index (χ1n) is 11.4. The molecule has 27 heavy (non-hydrogen) atoms. The summed E-state index contributed by atoms with van der Waals surface area (Å²) in [7, 11) is 0. The predicted octanol–water partition coefficient (Wildman–Crippen LogP) is 6.38. The SMILES string of the molecule is Cc1ccc(/C=C2\C[C@@H]3[C@@H]4CC[C@@H]5CCCC[C@]5(C)[C@H]4CC[C@]3(C)[C@@H]2O)o1. The first kappa shape index (κ1) is 18.0. The molecule has 0 aromatic carbocycles. The van der Waals surface area contributed by atoms with E-state index < -0.39 is 0 Å². The number of hydrogen-bond acceptors (Lipinski definition) is 2. The van der Waals surface area contributed by atoms with E-state index in [0.717, 1.165) is 35.7 Å². The van der Waals surface area contributed by atoms with Gasteiger partial charge in [-0.2, -0.15) is 0 Å². The molecular weight excluding hydrogens is 332 g/mol. The maximum atomic E-state index is 11.3. The Hall–Kier alpha value is -1.02. The van der Waals surface area contributed by atoms with Crippen molar-refractivity contribution in [3.05, 3.63) is 29.2 Å². The third kappa shape index (κ3) is 2.62. The van der Waals surface area contributed by atoms with Gasteiger partial charge in [0.1, 0.15) is 11.5 Å². The third-order valence-corrected chi connectivity index (χ3v) is 9.54. The highest BCUT2D eigenvalue weighted by molar-refractivity contribution is 5.51. The molecule has 2 nitrogen and oxygen atoms in total. The molecule has 1 heterocycles. The van der Waals surface area contributed by atoms with Crippen molar-refractivity contribution in [2.75, 3.05) is 0 Å². The number of hydrogen-bond donors (Lipinski definition) is 1. The van der Waals surface area contributed by atoms with E-state index in [1.165, 1.54) is 56.9 Å². The second-order valence-electron chi connectivity index (χ2n) is 10.7. The van der Waals surface area contributed by atoms with Gasteiger partial charge in [0, 0.05) is 5.41 Å². The van der Waals surface area contributed by atoms with E-state index in [1.54, 1.807) is 0 Å². The van der Waals surface area contributed by atoms with Crippen LogP contribution in [0.5, 0.6) is 0 Å². The van der Waals surface area contributed by atoms with Crippen LogP contribution in [0.4, 0.5) is 0 Å². The molecule has 0 spiro atoms. The van der Waals surface area contributed by atoms with Gasteiger partial charge in [-0.05, 0) is 105 Å². The Kier molecular flexibility index (Phi) is 4.17. The molecule has 2 heteroatoms. The van der Waals surface area contributed by atoms with E-state index in [-0.39, 0.29) is 11.5 Å². The molecule has 4 aliphatic rings. The molecule has 1 N–H and O–H groups in total. The number of furan rings is 1. The van der Waals surface area contributed by atoms with Gasteiger partial charge in [0.25, 0.3) is 0 Å². The number of aryl methyl sites for hydroxylation is 1. The van der Waals surface area contributed by atoms with Crippen LogP contribution in [0.1, 0.15) is 83.2 Å². The zero-order valence-corrected chi connectivity index (χ0v) is 17.3. The molecule has 0 saturated heterocycles. The van der Waals surface area contributed by atoms with Crippen LogP contribution in [0, 0.1) is 41.4 Å². The van der Waals surface area contributed by atoms with E-state index in [2.05, 4.69) is 19.9 Å². The average Bonchev–Trinajstić information content (AvgIpc) is 3.16. The molecule has 0 unspecified atom stereocenters. The van der Waals surface area contributed by atoms with E-state index >= 15 is 0 Å². The van der Waals surface area contributed by atoms with Crippen molar-refractivity contribution in [1.82, 2.24) is 0 Å². The molecule has 1 aromatic rings. The van der Waals surface area contributed by atoms with E-state index in [0.29, 0.717) is 11.3 Å². The number of aliphatic hydroxyl groups excluding tert-OH is 1. The summed E-state index contributed by atoms with van der Waals surface area (Å²) in [5.41, 5.74) is 1.85. The summed E-state index contributed by atoms with van der Waals surface area (Å²) in [5, 5.41) is 11.3. The smallest absolute Gasteiger partial charge is 0.127 e. The number of rotatable bonds is 1. The molecule has 4 saturated carbocycles. The van der Waals surface area contributed by atoms with Crippen molar-refractivity contribution < 1.29 is 9.52 Å². The van der Waals surface area contributed by atoms with Crippen LogP contribution in [-0.4, -0.2) is 11.2 Å². The Morgan fingerprint density at radius 2 is 1.85 bits per heavy atom. The Bertz CT molecular complexity index is 745. The van der Waals surface area contributed by atoms with Crippen molar-refractivity contribution in [2.45, 2.75) is 84.7 Å². The van der Waals surface area contributed by atoms with Gasteiger partial charge in [0.15, 0.2) is 0 Å². The fourth-order valence-electron chi connectivity index (χ4n) is 8.01. The van der Waals surface area contributed by atoms with Crippen LogP contribution < -0.4 is 0 Å². The fraction of sp³-hybridized carbons (Fsp3) is 0.760. The summed E-state index contributed by atoms with van der Waals surface area (Å²) in [6.45, 7) is 6.99. The van der Waals surface area contributed by atoms with E-state index in [1.807, 2.05) is 19.1 Å². The van der Waals surface area contributed by atoms with Gasteiger partial charge in [-0.3, -0.25) is 0 Å². The Morgan fingerprint density at radius 1 is 1.00 bits per heavy atom. The first-order chi connectivity index (χ1) is 12.9. The quantitative estimate of drug-likeness (QED) is 0.624. The van der Waals surface area contributed by atoms with Gasteiger partial charge >= 0.3 is 0 Å². The van der Waals surface area contributed by atoms with Crippen LogP contribution in [0.2, 0.25) is 0 Å². The van der Waals surface area contributed by atoms with Crippen molar-refractivity contribution >= 4 is 6.08 Å². The normalized spacial score (nSPS) is 48.1. The summed E-state index contributed by atoms with van der Waals surface area (Å²) in [6, 6.07) is 4.06. The maximum absolute atomic E-state index is 11.3. The van der Waals surface area contributed by atoms with E-state index in [4.69, 9.17) is 4.42 Å². The Balaban J connectivity index is 1.45. The van der Waals surface area contributed by atoms with Crippen LogP contribution in [0.3, 0.4) is 0 Å². The molecule has 1 aromatic heterocycles. The van der Waals surface area contributed by atoms with E-state index in [9.17, 15) is 5.11 Å². The molecular formula is C25H36O2. The van der Waals surface area contributed by atoms with Gasteiger partial charge in [-0.1, -0.05) is 26.7 Å². The lowest BCUT2D eigenvalue weighted by atomic mass is 9.45. The first-order valence-corrected chi connectivity index (χ1v) is 11.4. The molecule has 0 bridgehead atoms. The highest BCUT2D eigenvalue weighted by atomic mass is 16.3. The summed E-state index contributed by atoms with van der Waals surface area (Å²) in [6.07, 6.45) is 14.0. The second kappa shape index (κ2) is 6.24. The highest BCUT2D eigenvalue weighted by Gasteiger charge is 2.60. The minimum absolute atomic E-state index is 0.0620. The van der Waals surface area contributed by atoms with Gasteiger partial charge in [0.2, 0.25) is 0 Å². The molecule has 0 aliphatic heterocycles. The van der Waals surface area contributed by atoms with Gasteiger partial charge < -0.3 is 9.52 Å². The molecule has 5 rings (SSSR count). The lowest BCUT2D eigenvalue weighted by Gasteiger charge is -2.60. The lowest BCUT2D eigenvalue weighted by Crippen LogP contribution is -2.53. The Labute approximate surface area is 164 Å². The molecule has 148 valence electrons. The van der Waals surface area contributed by atoms with Gasteiger partial charge in [0.05, 0.1) is 6.10 Å². The van der Waals surface area contributed by atoms with Crippen LogP contribution >= 0.6 is 0 Å². The molecule has 4 aliphatic carbocycles. The highest BCUT2D eigenvalue weighted by Crippen LogP contribution is 2.67. The van der Waals surface area contributed by atoms with Gasteiger partial charge in [-0.25, -0.2) is 0 Å². The predicted molar refractivity (Wildman–Crippen MR) is 109 cm³/mol. The zero-order chi connectivity index (χ0) is 18.8. The van der Waals surface area contributed by atoms with Crippen molar-refractivity contribution in [2.24, 2.45) is 34.5 Å². The molecule has 7 atom stereocenters. The van der Waals surface area contributed by atoms with Gasteiger partial charge in [-0.15, -0.1) is 0 Å². The van der Waals surface area contributed by atoms with Crippen LogP contribution in [0.15, 0.2) is 22.1 Å². The lowest BCUT2D eigenvalue weighted by molar-refractivity contribution is -0.119. The maximum Gasteiger partial charge on any atom is 0.127 e. The summed E-state index contributed by atoms with van der Waals surface area (Å²) in [5.74, 6) is 5.15. The monoisotopic (exact) mass is 368 g/mol. The minimum Gasteiger partial charge on any atom is -0.462 e.